The minimum atomic E-state index is -4.03. The van der Waals surface area contributed by atoms with Crippen molar-refractivity contribution in [2.24, 2.45) is 7.05 Å². The van der Waals surface area contributed by atoms with Crippen molar-refractivity contribution in [3.05, 3.63) is 70.7 Å². The van der Waals surface area contributed by atoms with Crippen molar-refractivity contribution in [2.45, 2.75) is 11.8 Å². The summed E-state index contributed by atoms with van der Waals surface area (Å²) in [7, 11) is -2.51. The van der Waals surface area contributed by atoms with Crippen molar-refractivity contribution in [3.63, 3.8) is 0 Å². The Morgan fingerprint density at radius 2 is 1.59 bits per heavy atom. The monoisotopic (exact) mass is 401 g/mol. The number of aryl methyl sites for hydroxylation is 2. The third-order valence-electron chi connectivity index (χ3n) is 4.98. The zero-order valence-corrected chi connectivity index (χ0v) is 16.4. The highest BCUT2D eigenvalue weighted by molar-refractivity contribution is 7.90. The topological polar surface area (TPSA) is 115 Å². The lowest BCUT2D eigenvalue weighted by Gasteiger charge is -2.13. The van der Waals surface area contributed by atoms with E-state index in [1.54, 1.807) is 36.4 Å². The molecule has 0 saturated heterocycles. The third kappa shape index (κ3) is 2.47. The molecule has 0 bridgehead atoms. The molecule has 29 heavy (non-hydrogen) atoms. The van der Waals surface area contributed by atoms with E-state index in [9.17, 15) is 18.9 Å². The van der Waals surface area contributed by atoms with Gasteiger partial charge in [-0.3, -0.25) is 5.41 Å². The van der Waals surface area contributed by atoms with Gasteiger partial charge in [0.25, 0.3) is 10.0 Å². The molecule has 0 saturated carbocycles. The number of nitrogens with zero attached hydrogens (tertiary/aromatic N) is 4. The highest BCUT2D eigenvalue weighted by Gasteiger charge is 2.28. The molecule has 4 rings (SSSR count). The molecule has 4 aromatic rings. The van der Waals surface area contributed by atoms with Crippen molar-refractivity contribution in [1.82, 2.24) is 8.54 Å². The Balaban J connectivity index is 2.32. The maximum atomic E-state index is 13.6. The molecular weight excluding hydrogens is 386 g/mol. The Labute approximate surface area is 166 Å². The minimum Gasteiger partial charge on any atom is -0.313 e. The maximum Gasteiger partial charge on any atom is 0.269 e. The lowest BCUT2D eigenvalue weighted by atomic mass is 10.0. The van der Waals surface area contributed by atoms with Gasteiger partial charge in [0, 0.05) is 17.8 Å². The van der Waals surface area contributed by atoms with Gasteiger partial charge in [0.2, 0.25) is 0 Å². The van der Waals surface area contributed by atoms with Gasteiger partial charge in [0.1, 0.15) is 28.8 Å². The smallest absolute Gasteiger partial charge is 0.269 e. The number of nitriles is 2. The van der Waals surface area contributed by atoms with Crippen LogP contribution in [-0.2, 0) is 17.1 Å². The van der Waals surface area contributed by atoms with Crippen molar-refractivity contribution >= 4 is 32.0 Å². The number of aromatic nitrogens is 2. The van der Waals surface area contributed by atoms with E-state index < -0.39 is 10.0 Å². The lowest BCUT2D eigenvalue weighted by molar-refractivity contribution is 0.589. The Hall–Kier alpha value is -3.88. The first kappa shape index (κ1) is 18.5. The van der Waals surface area contributed by atoms with Crippen LogP contribution in [0.3, 0.4) is 0 Å². The largest absolute Gasteiger partial charge is 0.313 e. The molecular formula is C21H15N5O2S. The molecule has 0 amide bonds. The minimum absolute atomic E-state index is 0.000318. The number of nitrogens with one attached hydrogen (secondary N) is 1. The van der Waals surface area contributed by atoms with E-state index in [-0.39, 0.29) is 27.2 Å². The van der Waals surface area contributed by atoms with Crippen LogP contribution in [0.15, 0.2) is 53.4 Å². The number of hydrogen-bond acceptors (Lipinski definition) is 5. The summed E-state index contributed by atoms with van der Waals surface area (Å²) in [5.74, 6) is 0. The fraction of sp³-hybridized carbons (Fsp3) is 0.0952. The molecule has 0 aliphatic carbocycles. The predicted octanol–water partition coefficient (Wildman–Crippen LogP) is 2.90. The van der Waals surface area contributed by atoms with Crippen LogP contribution in [0.25, 0.3) is 21.9 Å². The average Bonchev–Trinajstić information content (AvgIpc) is 3.07. The standard InChI is InChI=1S/C21H15N5O2S/c1-13-7-9-14(10-8-13)29(27,28)26-18-6-4-3-5-15(18)19-16(11-22)17(12-23)20(24)25(2)21(19)26/h3-10,24H,1-2H3. The number of para-hydroxylation sites is 1. The number of rotatable bonds is 2. The van der Waals surface area contributed by atoms with Gasteiger partial charge >= 0.3 is 0 Å². The third-order valence-corrected chi connectivity index (χ3v) is 6.70. The molecule has 0 unspecified atom stereocenters. The summed E-state index contributed by atoms with van der Waals surface area (Å²) in [5, 5.41) is 28.4. The normalized spacial score (nSPS) is 11.4. The van der Waals surface area contributed by atoms with Gasteiger partial charge in [-0.25, -0.2) is 12.4 Å². The SMILES string of the molecule is Cc1ccc(S(=O)(=O)n2c3ccccc3c3c(C#N)c(C#N)c(=N)n(C)c32)cc1. The Bertz CT molecular complexity index is 1560. The zero-order chi connectivity index (χ0) is 20.9. The van der Waals surface area contributed by atoms with Crippen LogP contribution >= 0.6 is 0 Å². The first-order valence-electron chi connectivity index (χ1n) is 8.66. The van der Waals surface area contributed by atoms with Crippen molar-refractivity contribution < 1.29 is 8.42 Å². The molecule has 0 aliphatic heterocycles. The molecule has 2 aromatic carbocycles. The van der Waals surface area contributed by atoms with Crippen molar-refractivity contribution in [2.75, 3.05) is 0 Å². The molecule has 0 radical (unpaired) electrons. The van der Waals surface area contributed by atoms with Crippen LogP contribution in [0.5, 0.6) is 0 Å². The van der Waals surface area contributed by atoms with Gasteiger partial charge in [-0.05, 0) is 25.1 Å². The van der Waals surface area contributed by atoms with Gasteiger partial charge in [-0.1, -0.05) is 35.9 Å². The van der Waals surface area contributed by atoms with Gasteiger partial charge in [-0.15, -0.1) is 0 Å². The van der Waals surface area contributed by atoms with E-state index in [2.05, 4.69) is 0 Å². The fourth-order valence-corrected chi connectivity index (χ4v) is 5.10. The number of fused-ring (bicyclic) bond motifs is 3. The second-order valence-corrected chi connectivity index (χ2v) is 8.47. The van der Waals surface area contributed by atoms with Crippen molar-refractivity contribution in [1.29, 1.82) is 15.9 Å². The molecule has 0 spiro atoms. The predicted molar refractivity (Wildman–Crippen MR) is 107 cm³/mol. The average molecular weight is 401 g/mol. The van der Waals surface area contributed by atoms with Crippen LogP contribution in [0.1, 0.15) is 16.7 Å². The summed E-state index contributed by atoms with van der Waals surface area (Å²) in [6.07, 6.45) is 0. The molecule has 2 heterocycles. The molecule has 7 nitrogen and oxygen atoms in total. The molecule has 1 N–H and O–H groups in total. The molecule has 0 fully saturated rings. The Kier molecular flexibility index (Phi) is 4.04. The molecule has 0 atom stereocenters. The number of hydrogen-bond donors (Lipinski definition) is 1. The van der Waals surface area contributed by atoms with E-state index in [0.29, 0.717) is 16.3 Å². The van der Waals surface area contributed by atoms with Crippen LogP contribution in [0.4, 0.5) is 0 Å². The van der Waals surface area contributed by atoms with Gasteiger partial charge < -0.3 is 4.57 Å². The van der Waals surface area contributed by atoms with Crippen molar-refractivity contribution in [3.8, 4) is 12.1 Å². The first-order chi connectivity index (χ1) is 13.8. The first-order valence-corrected chi connectivity index (χ1v) is 10.1. The summed E-state index contributed by atoms with van der Waals surface area (Å²) >= 11 is 0. The fourth-order valence-electron chi connectivity index (χ4n) is 3.55. The van der Waals surface area contributed by atoms with Crippen LogP contribution in [-0.4, -0.2) is 17.0 Å². The van der Waals surface area contributed by atoms with E-state index in [1.807, 2.05) is 19.1 Å². The molecule has 8 heteroatoms. The second kappa shape index (κ2) is 6.33. The second-order valence-electron chi connectivity index (χ2n) is 6.68. The van der Waals surface area contributed by atoms with E-state index in [4.69, 9.17) is 5.41 Å². The van der Waals surface area contributed by atoms with Crippen LogP contribution < -0.4 is 5.49 Å². The lowest BCUT2D eigenvalue weighted by Crippen LogP contribution is -2.25. The summed E-state index contributed by atoms with van der Waals surface area (Å²) in [4.78, 5) is 0.0974. The van der Waals surface area contributed by atoms with Gasteiger partial charge in [0.15, 0.2) is 0 Å². The van der Waals surface area contributed by atoms with E-state index in [1.165, 1.54) is 23.7 Å². The van der Waals surface area contributed by atoms with Gasteiger partial charge in [-0.2, -0.15) is 10.5 Å². The quantitative estimate of drug-likeness (QED) is 0.556. The summed E-state index contributed by atoms with van der Waals surface area (Å²) in [5.41, 5.74) is 1.17. The van der Waals surface area contributed by atoms with Gasteiger partial charge in [0.05, 0.1) is 16.0 Å². The van der Waals surface area contributed by atoms with Crippen LogP contribution in [0, 0.1) is 35.0 Å². The van der Waals surface area contributed by atoms with E-state index in [0.717, 1.165) is 9.54 Å². The van der Waals surface area contributed by atoms with Crippen LogP contribution in [0.2, 0.25) is 0 Å². The zero-order valence-electron chi connectivity index (χ0n) is 15.6. The Morgan fingerprint density at radius 3 is 2.21 bits per heavy atom. The highest BCUT2D eigenvalue weighted by atomic mass is 32.2. The summed E-state index contributed by atoms with van der Waals surface area (Å²) in [6.45, 7) is 1.87. The molecule has 2 aromatic heterocycles. The van der Waals surface area contributed by atoms with E-state index >= 15 is 0 Å². The number of pyridine rings is 1. The summed E-state index contributed by atoms with van der Waals surface area (Å²) in [6, 6.07) is 17.2. The maximum absolute atomic E-state index is 13.6. The summed E-state index contributed by atoms with van der Waals surface area (Å²) < 4.78 is 29.7. The number of benzene rings is 2. The Morgan fingerprint density at radius 1 is 0.966 bits per heavy atom. The molecule has 142 valence electrons. The molecule has 0 aliphatic rings. The highest BCUT2D eigenvalue weighted by Crippen LogP contribution is 2.34.